The number of carbonyl (C=O) groups is 2. The molecule has 0 aliphatic heterocycles. The average molecular weight is 453 g/mol. The lowest BCUT2D eigenvalue weighted by Gasteiger charge is -2.31. The minimum atomic E-state index is -0.898. The number of aliphatic hydroxyl groups excluding tert-OH is 1. The molecule has 0 radical (unpaired) electrons. The van der Waals surface area contributed by atoms with E-state index < -0.39 is 6.04 Å². The lowest BCUT2D eigenvalue weighted by Crippen LogP contribution is -2.45. The Balaban J connectivity index is 1.91. The number of amides is 2. The Hall–Kier alpha value is -3.35. The molecule has 2 N–H and O–H groups in total. The summed E-state index contributed by atoms with van der Waals surface area (Å²) >= 11 is 6.15. The number of ether oxygens (including phenoxy) is 1. The van der Waals surface area contributed by atoms with Crippen LogP contribution in [-0.4, -0.2) is 41.6 Å². The van der Waals surface area contributed by atoms with Crippen LogP contribution in [0.25, 0.3) is 0 Å². The molecule has 32 heavy (non-hydrogen) atoms. The van der Waals surface area contributed by atoms with E-state index in [1.165, 1.54) is 4.90 Å². The number of rotatable bonds is 10. The molecule has 0 fully saturated rings. The number of para-hydroxylation sites is 1. The second-order valence-electron chi connectivity index (χ2n) is 7.05. The van der Waals surface area contributed by atoms with E-state index in [1.54, 1.807) is 36.4 Å². The molecule has 3 aromatic rings. The molecule has 166 valence electrons. The van der Waals surface area contributed by atoms with E-state index in [0.717, 1.165) is 5.56 Å². The maximum atomic E-state index is 13.4. The fraction of sp³-hybridized carbons (Fsp3) is 0.200. The molecule has 0 bridgehead atoms. The van der Waals surface area contributed by atoms with Crippen molar-refractivity contribution in [1.82, 2.24) is 10.2 Å². The molecule has 7 heteroatoms. The van der Waals surface area contributed by atoms with Crippen molar-refractivity contribution in [3.05, 3.63) is 101 Å². The highest BCUT2D eigenvalue weighted by Gasteiger charge is 2.31. The van der Waals surface area contributed by atoms with Crippen LogP contribution in [0.1, 0.15) is 17.2 Å². The van der Waals surface area contributed by atoms with E-state index in [9.17, 15) is 9.59 Å². The number of aliphatic hydroxyl groups is 1. The standard InChI is InChI=1S/C25H25ClN2O4/c26-21-13-7-8-14-22(21)32-18-23(30)28(17-19-9-3-1-4-10-19)24(25(31)27-15-16-29)20-11-5-2-6-12-20/h1-14,24,29H,15-18H2,(H,27,31). The highest BCUT2D eigenvalue weighted by Crippen LogP contribution is 2.26. The minimum Gasteiger partial charge on any atom is -0.482 e. The monoisotopic (exact) mass is 452 g/mol. The molecule has 0 saturated heterocycles. The zero-order chi connectivity index (χ0) is 22.8. The zero-order valence-electron chi connectivity index (χ0n) is 17.5. The van der Waals surface area contributed by atoms with Crippen LogP contribution < -0.4 is 10.1 Å². The normalized spacial score (nSPS) is 11.4. The van der Waals surface area contributed by atoms with Crippen LogP contribution in [-0.2, 0) is 16.1 Å². The Morgan fingerprint density at radius 3 is 2.22 bits per heavy atom. The van der Waals surface area contributed by atoms with E-state index in [-0.39, 0.29) is 38.1 Å². The van der Waals surface area contributed by atoms with Gasteiger partial charge >= 0.3 is 0 Å². The van der Waals surface area contributed by atoms with E-state index in [1.807, 2.05) is 48.5 Å². The van der Waals surface area contributed by atoms with Gasteiger partial charge in [-0.2, -0.15) is 0 Å². The Morgan fingerprint density at radius 1 is 0.938 bits per heavy atom. The van der Waals surface area contributed by atoms with Gasteiger partial charge in [0.2, 0.25) is 5.91 Å². The third-order valence-electron chi connectivity index (χ3n) is 4.79. The first kappa shape index (κ1) is 23.3. The first-order valence-corrected chi connectivity index (χ1v) is 10.6. The fourth-order valence-electron chi connectivity index (χ4n) is 3.27. The molecule has 1 atom stereocenters. The van der Waals surface area contributed by atoms with Gasteiger partial charge in [-0.15, -0.1) is 0 Å². The molecule has 2 amide bonds. The average Bonchev–Trinajstić information content (AvgIpc) is 2.83. The lowest BCUT2D eigenvalue weighted by atomic mass is 10.0. The maximum absolute atomic E-state index is 13.4. The van der Waals surface area contributed by atoms with E-state index in [0.29, 0.717) is 16.3 Å². The van der Waals surface area contributed by atoms with Crippen LogP contribution in [0.4, 0.5) is 0 Å². The summed E-state index contributed by atoms with van der Waals surface area (Å²) in [7, 11) is 0. The number of nitrogens with one attached hydrogen (secondary N) is 1. The summed E-state index contributed by atoms with van der Waals surface area (Å²) in [5.74, 6) is -0.364. The summed E-state index contributed by atoms with van der Waals surface area (Å²) in [4.78, 5) is 27.9. The summed E-state index contributed by atoms with van der Waals surface area (Å²) in [6.07, 6.45) is 0. The highest BCUT2D eigenvalue weighted by atomic mass is 35.5. The van der Waals surface area contributed by atoms with Crippen molar-refractivity contribution in [3.63, 3.8) is 0 Å². The molecule has 3 rings (SSSR count). The predicted molar refractivity (Wildman–Crippen MR) is 123 cm³/mol. The Bertz CT molecular complexity index is 1010. The SMILES string of the molecule is O=C(NCCO)C(c1ccccc1)N(Cc1ccccc1)C(=O)COc1ccccc1Cl. The third-order valence-corrected chi connectivity index (χ3v) is 5.10. The summed E-state index contributed by atoms with van der Waals surface area (Å²) in [5, 5.41) is 12.2. The Labute approximate surface area is 192 Å². The molecule has 0 heterocycles. The zero-order valence-corrected chi connectivity index (χ0v) is 18.2. The predicted octanol–water partition coefficient (Wildman–Crippen LogP) is 3.60. The van der Waals surface area contributed by atoms with Crippen molar-refractivity contribution in [2.45, 2.75) is 12.6 Å². The molecule has 3 aromatic carbocycles. The number of carbonyl (C=O) groups excluding carboxylic acids is 2. The molecule has 6 nitrogen and oxygen atoms in total. The number of halogens is 1. The van der Waals surface area contributed by atoms with Crippen LogP contribution in [0, 0.1) is 0 Å². The van der Waals surface area contributed by atoms with Crippen LogP contribution >= 0.6 is 11.6 Å². The van der Waals surface area contributed by atoms with Gasteiger partial charge in [0.1, 0.15) is 11.8 Å². The van der Waals surface area contributed by atoms with Crippen molar-refractivity contribution in [3.8, 4) is 5.75 Å². The van der Waals surface area contributed by atoms with Gasteiger partial charge < -0.3 is 20.1 Å². The second kappa shape index (κ2) is 11.9. The number of nitrogens with zero attached hydrogens (tertiary/aromatic N) is 1. The van der Waals surface area contributed by atoms with E-state index in [2.05, 4.69) is 5.32 Å². The summed E-state index contributed by atoms with van der Waals surface area (Å²) < 4.78 is 5.67. The number of hydrogen-bond donors (Lipinski definition) is 2. The highest BCUT2D eigenvalue weighted by molar-refractivity contribution is 6.32. The van der Waals surface area contributed by atoms with Crippen LogP contribution in [0.2, 0.25) is 5.02 Å². The Morgan fingerprint density at radius 2 is 1.56 bits per heavy atom. The van der Waals surface area contributed by atoms with Crippen molar-refractivity contribution in [2.24, 2.45) is 0 Å². The maximum Gasteiger partial charge on any atom is 0.261 e. The quantitative estimate of drug-likeness (QED) is 0.492. The molecular formula is C25H25ClN2O4. The van der Waals surface area contributed by atoms with Gasteiger partial charge in [-0.05, 0) is 23.3 Å². The van der Waals surface area contributed by atoms with Crippen molar-refractivity contribution in [2.75, 3.05) is 19.8 Å². The van der Waals surface area contributed by atoms with Crippen molar-refractivity contribution >= 4 is 23.4 Å². The van der Waals surface area contributed by atoms with Gasteiger partial charge in [-0.3, -0.25) is 9.59 Å². The second-order valence-corrected chi connectivity index (χ2v) is 7.46. The smallest absolute Gasteiger partial charge is 0.261 e. The lowest BCUT2D eigenvalue weighted by molar-refractivity contribution is -0.143. The van der Waals surface area contributed by atoms with Gasteiger partial charge in [0.25, 0.3) is 5.91 Å². The molecule has 0 aliphatic carbocycles. The topological polar surface area (TPSA) is 78.9 Å². The van der Waals surface area contributed by atoms with Crippen LogP contribution in [0.15, 0.2) is 84.9 Å². The molecule has 0 aromatic heterocycles. The van der Waals surface area contributed by atoms with Gasteiger partial charge in [0.15, 0.2) is 6.61 Å². The summed E-state index contributed by atoms with van der Waals surface area (Å²) in [5.41, 5.74) is 1.53. The molecule has 0 spiro atoms. The number of hydrogen-bond acceptors (Lipinski definition) is 4. The summed E-state index contributed by atoms with van der Waals surface area (Å²) in [6, 6.07) is 24.5. The molecule has 1 unspecified atom stereocenters. The van der Waals surface area contributed by atoms with Gasteiger partial charge in [0.05, 0.1) is 11.6 Å². The van der Waals surface area contributed by atoms with E-state index in [4.69, 9.17) is 21.4 Å². The first-order valence-electron chi connectivity index (χ1n) is 10.2. The Kier molecular flexibility index (Phi) is 8.66. The summed E-state index contributed by atoms with van der Waals surface area (Å²) in [6.45, 7) is -0.188. The molecule has 0 saturated carbocycles. The van der Waals surface area contributed by atoms with Crippen molar-refractivity contribution < 1.29 is 19.4 Å². The van der Waals surface area contributed by atoms with E-state index >= 15 is 0 Å². The molecular weight excluding hydrogens is 428 g/mol. The van der Waals surface area contributed by atoms with Gasteiger partial charge in [-0.25, -0.2) is 0 Å². The van der Waals surface area contributed by atoms with Crippen molar-refractivity contribution in [1.29, 1.82) is 0 Å². The van der Waals surface area contributed by atoms with Crippen LogP contribution in [0.3, 0.4) is 0 Å². The molecule has 0 aliphatic rings. The minimum absolute atomic E-state index is 0.0889. The third kappa shape index (κ3) is 6.33. The van der Waals surface area contributed by atoms with Gasteiger partial charge in [0, 0.05) is 13.1 Å². The number of benzene rings is 3. The fourth-order valence-corrected chi connectivity index (χ4v) is 3.46. The van der Waals surface area contributed by atoms with Gasteiger partial charge in [-0.1, -0.05) is 84.4 Å². The van der Waals surface area contributed by atoms with Crippen LogP contribution in [0.5, 0.6) is 5.75 Å². The first-order chi connectivity index (χ1) is 15.6. The largest absolute Gasteiger partial charge is 0.482 e.